The van der Waals surface area contributed by atoms with Crippen molar-refractivity contribution < 1.29 is 0 Å². The average Bonchev–Trinajstić information content (AvgIpc) is 1.19. The van der Waals surface area contributed by atoms with Gasteiger partial charge in [0, 0.05) is 65.8 Å². The minimum absolute atomic E-state index is 0.450. The van der Waals surface area contributed by atoms with Crippen molar-refractivity contribution in [3.05, 3.63) is 406 Å². The summed E-state index contributed by atoms with van der Waals surface area (Å²) in [7, 11) is 0. The van der Waals surface area contributed by atoms with E-state index in [2.05, 4.69) is 377 Å². The minimum Gasteiger partial charge on any atom is -0.309 e. The van der Waals surface area contributed by atoms with Crippen molar-refractivity contribution in [1.82, 2.24) is 29.1 Å². The summed E-state index contributed by atoms with van der Waals surface area (Å²) in [5.41, 5.74) is 31.8. The van der Waals surface area contributed by atoms with Gasteiger partial charge in [-0.2, -0.15) is 0 Å². The molecule has 0 bridgehead atoms. The van der Waals surface area contributed by atoms with E-state index in [1.165, 1.54) is 111 Å². The topological polar surface area (TPSA) is 61.4 Å². The first-order valence-corrected chi connectivity index (χ1v) is 36.9. The van der Waals surface area contributed by atoms with Gasteiger partial charge in [-0.25, -0.2) is 19.9 Å². The van der Waals surface area contributed by atoms with Crippen LogP contribution in [0.3, 0.4) is 0 Å². The zero-order valence-electron chi connectivity index (χ0n) is 59.0. The normalized spacial score (nSPS) is 16.5. The van der Waals surface area contributed by atoms with E-state index in [4.69, 9.17) is 19.9 Å². The van der Waals surface area contributed by atoms with Gasteiger partial charge >= 0.3 is 0 Å². The SMILES string of the molecule is CC1(C)c2ccccc2C2(c3ccccc3-n3c4ccc(-c5ccccc5-c5cc(-c6ccccc6)nc(-c6cccc7c6C(C)(C)c6ccccc6C76c7ccccc7-n7c8ccccc8c8cccc6c87)n5)cc4c4cccc2c43)c2cccc(-c3cc(-c4ccccc4)nc(-c4ccccc4)n3)c21. The molecule has 498 valence electrons. The van der Waals surface area contributed by atoms with Gasteiger partial charge in [-0.05, 0) is 120 Å². The van der Waals surface area contributed by atoms with E-state index in [-0.39, 0.29) is 0 Å². The Morgan fingerprint density at radius 2 is 0.604 bits per heavy atom. The van der Waals surface area contributed by atoms with Crippen LogP contribution in [0.4, 0.5) is 0 Å². The lowest BCUT2D eigenvalue weighted by atomic mass is 9.52. The fraction of sp³-hybridized carbons (Fsp3) is 0.0800. The lowest BCUT2D eigenvalue weighted by Crippen LogP contribution is -2.44. The van der Waals surface area contributed by atoms with Gasteiger partial charge in [-0.3, -0.25) is 0 Å². The van der Waals surface area contributed by atoms with Crippen LogP contribution >= 0.6 is 0 Å². The summed E-state index contributed by atoms with van der Waals surface area (Å²) < 4.78 is 5.08. The number of nitrogens with zero attached hydrogens (tertiary/aromatic N) is 6. The molecule has 106 heavy (non-hydrogen) atoms. The molecule has 0 radical (unpaired) electrons. The van der Waals surface area contributed by atoms with Gasteiger partial charge < -0.3 is 9.13 Å². The van der Waals surface area contributed by atoms with Crippen molar-refractivity contribution in [1.29, 1.82) is 0 Å². The molecule has 2 spiro atoms. The maximum Gasteiger partial charge on any atom is 0.160 e. The third-order valence-corrected chi connectivity index (χ3v) is 24.2. The Hall–Kier alpha value is -13.2. The lowest BCUT2D eigenvalue weighted by molar-refractivity contribution is 0.557. The molecule has 4 aromatic heterocycles. The Bertz CT molecular complexity index is 6720. The number of aromatic nitrogens is 6. The fourth-order valence-electron chi connectivity index (χ4n) is 20.0. The molecule has 14 aromatic carbocycles. The summed E-state index contributed by atoms with van der Waals surface area (Å²) >= 11 is 0. The van der Waals surface area contributed by atoms with Gasteiger partial charge in [0.25, 0.3) is 0 Å². The van der Waals surface area contributed by atoms with Crippen LogP contribution in [0.15, 0.2) is 340 Å². The highest BCUT2D eigenvalue weighted by Gasteiger charge is 2.56. The largest absolute Gasteiger partial charge is 0.309 e. The molecule has 0 N–H and O–H groups in total. The monoisotopic (exact) mass is 1350 g/mol. The highest BCUT2D eigenvalue weighted by Crippen LogP contribution is 2.64. The summed E-state index contributed by atoms with van der Waals surface area (Å²) in [4.78, 5) is 22.5. The van der Waals surface area contributed by atoms with Crippen LogP contribution in [0.5, 0.6) is 0 Å². The predicted octanol–water partition coefficient (Wildman–Crippen LogP) is 23.8. The van der Waals surface area contributed by atoms with Gasteiger partial charge in [0.2, 0.25) is 0 Å². The number of hydrogen-bond donors (Lipinski definition) is 0. The fourth-order valence-corrected chi connectivity index (χ4v) is 20.0. The summed E-state index contributed by atoms with van der Waals surface area (Å²) in [6, 6.07) is 126. The molecule has 0 fully saturated rings. The highest BCUT2D eigenvalue weighted by atomic mass is 15.0. The van der Waals surface area contributed by atoms with E-state index < -0.39 is 21.7 Å². The first-order chi connectivity index (χ1) is 52.1. The van der Waals surface area contributed by atoms with Crippen molar-refractivity contribution in [2.45, 2.75) is 49.4 Å². The van der Waals surface area contributed by atoms with Crippen LogP contribution in [-0.4, -0.2) is 29.1 Å². The second-order valence-corrected chi connectivity index (χ2v) is 30.2. The van der Waals surface area contributed by atoms with E-state index in [1.54, 1.807) is 0 Å². The molecule has 2 aliphatic heterocycles. The molecule has 22 rings (SSSR count). The standard InChI is InChI=1S/C100H68N6/c1-97(2)73-43-17-19-45-75(73)99(79-49-28-41-70(91(79)97)86-60-83(61-30-8-5-9-31-61)101-95(103-86)63-34-12-7-13-35-63)78-48-22-25-55-90(78)106-88-57-56-64(58-72(88)69-40-27-52-82(99)94(69)106)65-36-14-15-37-66(65)85-59-84(62-32-10-6-11-33-62)102-96(104-85)71-42-29-50-80-92(71)98(3,4)74-44-18-20-46-76(74)100(80)77-47-21-24-54-89(77)105-87-53-23-16-38-67(87)68-39-26-51-81(100)93(68)105/h5-60H,1-4H3. The molecule has 6 heteroatoms. The molecule has 0 saturated heterocycles. The second kappa shape index (κ2) is 22.2. The molecule has 2 atom stereocenters. The lowest BCUT2D eigenvalue weighted by Gasteiger charge is -2.50. The zero-order chi connectivity index (χ0) is 70.4. The molecule has 2 unspecified atom stereocenters. The molecule has 2 aliphatic carbocycles. The number of fused-ring (bicyclic) bond motifs is 22. The first kappa shape index (κ1) is 60.4. The smallest absolute Gasteiger partial charge is 0.160 e. The number of para-hydroxylation sites is 5. The van der Waals surface area contributed by atoms with Gasteiger partial charge in [0.15, 0.2) is 11.6 Å². The maximum atomic E-state index is 5.90. The molecule has 18 aromatic rings. The van der Waals surface area contributed by atoms with E-state index in [1.807, 2.05) is 0 Å². The van der Waals surface area contributed by atoms with E-state index in [0.717, 1.165) is 78.5 Å². The third-order valence-electron chi connectivity index (χ3n) is 24.2. The summed E-state index contributed by atoms with van der Waals surface area (Å²) in [6.07, 6.45) is 0. The number of benzene rings is 14. The Kier molecular flexibility index (Phi) is 12.6. The summed E-state index contributed by atoms with van der Waals surface area (Å²) in [6.45, 7) is 9.64. The van der Waals surface area contributed by atoms with Gasteiger partial charge in [0.1, 0.15) is 0 Å². The predicted molar refractivity (Wildman–Crippen MR) is 432 cm³/mol. The Balaban J connectivity index is 0.744. The zero-order valence-corrected chi connectivity index (χ0v) is 59.0. The van der Waals surface area contributed by atoms with Crippen LogP contribution in [0.2, 0.25) is 0 Å². The van der Waals surface area contributed by atoms with Crippen molar-refractivity contribution >= 4 is 43.6 Å². The first-order valence-electron chi connectivity index (χ1n) is 36.9. The Labute approximate surface area is 615 Å². The second-order valence-electron chi connectivity index (χ2n) is 30.2. The van der Waals surface area contributed by atoms with Gasteiger partial charge in [-0.1, -0.05) is 325 Å². The van der Waals surface area contributed by atoms with Gasteiger partial charge in [0.05, 0.1) is 67.0 Å². The molecule has 0 saturated carbocycles. The van der Waals surface area contributed by atoms with Crippen LogP contribution in [-0.2, 0) is 21.7 Å². The Morgan fingerprint density at radius 3 is 1.19 bits per heavy atom. The van der Waals surface area contributed by atoms with E-state index in [9.17, 15) is 0 Å². The van der Waals surface area contributed by atoms with Crippen molar-refractivity contribution in [2.24, 2.45) is 0 Å². The third kappa shape index (κ3) is 8.05. The summed E-state index contributed by atoms with van der Waals surface area (Å²) in [5.74, 6) is 1.38. The summed E-state index contributed by atoms with van der Waals surface area (Å²) in [5, 5.41) is 4.88. The molecular weight excluding hydrogens is 1290 g/mol. The number of hydrogen-bond acceptors (Lipinski definition) is 4. The van der Waals surface area contributed by atoms with Crippen LogP contribution < -0.4 is 0 Å². The molecule has 4 aliphatic rings. The molecule has 0 amide bonds. The van der Waals surface area contributed by atoms with Crippen molar-refractivity contribution in [3.63, 3.8) is 0 Å². The van der Waals surface area contributed by atoms with E-state index in [0.29, 0.717) is 11.6 Å². The Morgan fingerprint density at radius 1 is 0.226 bits per heavy atom. The number of rotatable bonds is 7. The van der Waals surface area contributed by atoms with Crippen LogP contribution in [0.25, 0.3) is 134 Å². The van der Waals surface area contributed by atoms with Crippen molar-refractivity contribution in [3.8, 4) is 90.3 Å². The van der Waals surface area contributed by atoms with Crippen LogP contribution in [0.1, 0.15) is 94.5 Å². The highest BCUT2D eigenvalue weighted by molar-refractivity contribution is 6.15. The van der Waals surface area contributed by atoms with Gasteiger partial charge in [-0.15, -0.1) is 0 Å². The molecule has 6 heterocycles. The quantitative estimate of drug-likeness (QED) is 0.160. The molecule has 6 nitrogen and oxygen atoms in total. The van der Waals surface area contributed by atoms with E-state index >= 15 is 0 Å². The maximum absolute atomic E-state index is 5.90. The van der Waals surface area contributed by atoms with Crippen LogP contribution in [0, 0.1) is 0 Å². The average molecular weight is 1350 g/mol. The minimum atomic E-state index is -0.737. The molecular formula is C100H68N6. The van der Waals surface area contributed by atoms with Crippen molar-refractivity contribution in [2.75, 3.05) is 0 Å².